The molecule has 2 amide bonds. The first-order chi connectivity index (χ1) is 10.9. The molecule has 1 unspecified atom stereocenters. The van der Waals surface area contributed by atoms with Gasteiger partial charge in [0.15, 0.2) is 0 Å². The van der Waals surface area contributed by atoms with E-state index in [-0.39, 0.29) is 17.6 Å². The zero-order valence-electron chi connectivity index (χ0n) is 15.1. The Hall–Kier alpha value is -0.810. The fourth-order valence-electron chi connectivity index (χ4n) is 4.11. The first-order valence-corrected chi connectivity index (χ1v) is 9.32. The molecule has 134 valence electrons. The third kappa shape index (κ3) is 6.30. The van der Waals surface area contributed by atoms with Crippen LogP contribution in [0.3, 0.4) is 0 Å². The number of carbonyl (C=O) groups is 1. The van der Waals surface area contributed by atoms with E-state index in [2.05, 4.69) is 29.4 Å². The summed E-state index contributed by atoms with van der Waals surface area (Å²) in [7, 11) is 0. The maximum Gasteiger partial charge on any atom is 0.315 e. The largest absolute Gasteiger partial charge is 0.393 e. The summed E-state index contributed by atoms with van der Waals surface area (Å²) in [5.41, 5.74) is -0.0860. The van der Waals surface area contributed by atoms with Crippen LogP contribution in [0.2, 0.25) is 0 Å². The zero-order chi connectivity index (χ0) is 16.9. The Kier molecular flexibility index (Phi) is 6.72. The van der Waals surface area contributed by atoms with Crippen LogP contribution in [0.4, 0.5) is 4.79 Å². The van der Waals surface area contributed by atoms with Crippen LogP contribution in [-0.2, 0) is 0 Å². The summed E-state index contributed by atoms with van der Waals surface area (Å²) in [6.07, 6.45) is 7.94. The molecule has 2 fully saturated rings. The molecule has 0 bridgehead atoms. The third-order valence-electron chi connectivity index (χ3n) is 5.28. The molecule has 2 rings (SSSR count). The van der Waals surface area contributed by atoms with Gasteiger partial charge in [0.05, 0.1) is 6.10 Å². The lowest BCUT2D eigenvalue weighted by Gasteiger charge is -2.36. The van der Waals surface area contributed by atoms with Crippen LogP contribution in [-0.4, -0.2) is 53.9 Å². The number of carbonyl (C=O) groups excluding carboxylic acids is 1. The molecule has 0 aromatic rings. The van der Waals surface area contributed by atoms with E-state index in [4.69, 9.17) is 0 Å². The second kappa shape index (κ2) is 8.34. The lowest BCUT2D eigenvalue weighted by atomic mass is 9.87. The molecule has 1 aliphatic heterocycles. The van der Waals surface area contributed by atoms with Crippen LogP contribution in [0.15, 0.2) is 0 Å². The van der Waals surface area contributed by atoms with Crippen molar-refractivity contribution in [1.29, 1.82) is 0 Å². The second-order valence-corrected chi connectivity index (χ2v) is 8.29. The van der Waals surface area contributed by atoms with Crippen molar-refractivity contribution in [2.75, 3.05) is 19.6 Å². The predicted octanol–water partition coefficient (Wildman–Crippen LogP) is 2.49. The lowest BCUT2D eigenvalue weighted by molar-refractivity contribution is 0.127. The second-order valence-electron chi connectivity index (χ2n) is 8.29. The molecule has 0 aromatic heterocycles. The van der Waals surface area contributed by atoms with E-state index in [1.165, 1.54) is 25.7 Å². The fourth-order valence-corrected chi connectivity index (χ4v) is 4.11. The number of nitrogens with one attached hydrogen (secondary N) is 2. The molecule has 5 heteroatoms. The first kappa shape index (κ1) is 18.5. The molecule has 2 aliphatic rings. The Morgan fingerprint density at radius 3 is 2.39 bits per heavy atom. The molecule has 1 aliphatic carbocycles. The molecule has 23 heavy (non-hydrogen) atoms. The normalized spacial score (nSPS) is 23.0. The number of aliphatic hydroxyl groups excluding tert-OH is 1. The SMILES string of the molecule is CC(O)CC(C)(C)CNC(=O)NC1CCN(C2CCCC2)CC1. The number of piperidine rings is 1. The van der Waals surface area contributed by atoms with Gasteiger partial charge in [0.1, 0.15) is 0 Å². The Balaban J connectivity index is 1.64. The summed E-state index contributed by atoms with van der Waals surface area (Å²) < 4.78 is 0. The van der Waals surface area contributed by atoms with Gasteiger partial charge in [0.2, 0.25) is 0 Å². The third-order valence-corrected chi connectivity index (χ3v) is 5.28. The predicted molar refractivity (Wildman–Crippen MR) is 93.5 cm³/mol. The van der Waals surface area contributed by atoms with Crippen LogP contribution >= 0.6 is 0 Å². The highest BCUT2D eigenvalue weighted by atomic mass is 16.3. The smallest absolute Gasteiger partial charge is 0.315 e. The molecule has 5 nitrogen and oxygen atoms in total. The van der Waals surface area contributed by atoms with Gasteiger partial charge in [-0.3, -0.25) is 0 Å². The number of nitrogens with zero attached hydrogens (tertiary/aromatic N) is 1. The van der Waals surface area contributed by atoms with Crippen molar-refractivity contribution in [2.24, 2.45) is 5.41 Å². The maximum absolute atomic E-state index is 12.1. The summed E-state index contributed by atoms with van der Waals surface area (Å²) in [6.45, 7) is 8.75. The van der Waals surface area contributed by atoms with Crippen molar-refractivity contribution in [3.63, 3.8) is 0 Å². The van der Waals surface area contributed by atoms with Crippen molar-refractivity contribution < 1.29 is 9.90 Å². The van der Waals surface area contributed by atoms with E-state index in [9.17, 15) is 9.90 Å². The van der Waals surface area contributed by atoms with Crippen molar-refractivity contribution in [3.05, 3.63) is 0 Å². The van der Waals surface area contributed by atoms with Gasteiger partial charge < -0.3 is 20.6 Å². The number of likely N-dealkylation sites (tertiary alicyclic amines) is 1. The lowest BCUT2D eigenvalue weighted by Crippen LogP contribution is -2.50. The van der Waals surface area contributed by atoms with Gasteiger partial charge in [0, 0.05) is 31.7 Å². The highest BCUT2D eigenvalue weighted by Crippen LogP contribution is 2.26. The van der Waals surface area contributed by atoms with Crippen LogP contribution in [0.1, 0.15) is 65.7 Å². The van der Waals surface area contributed by atoms with E-state index in [1.54, 1.807) is 6.92 Å². The van der Waals surface area contributed by atoms with Crippen LogP contribution < -0.4 is 10.6 Å². The average Bonchev–Trinajstić information content (AvgIpc) is 2.99. The van der Waals surface area contributed by atoms with Gasteiger partial charge in [-0.25, -0.2) is 4.79 Å². The molecule has 1 heterocycles. The minimum absolute atomic E-state index is 0.0667. The van der Waals surface area contributed by atoms with Gasteiger partial charge in [-0.05, 0) is 44.4 Å². The fraction of sp³-hybridized carbons (Fsp3) is 0.944. The van der Waals surface area contributed by atoms with Crippen molar-refractivity contribution in [1.82, 2.24) is 15.5 Å². The van der Waals surface area contributed by atoms with E-state index < -0.39 is 0 Å². The van der Waals surface area contributed by atoms with E-state index in [1.807, 2.05) is 0 Å². The highest BCUT2D eigenvalue weighted by molar-refractivity contribution is 5.74. The van der Waals surface area contributed by atoms with Crippen molar-refractivity contribution >= 4 is 6.03 Å². The standard InChI is InChI=1S/C18H35N3O2/c1-14(22)12-18(2,3)13-19-17(23)20-15-8-10-21(11-9-15)16-6-4-5-7-16/h14-16,22H,4-13H2,1-3H3,(H2,19,20,23). The highest BCUT2D eigenvalue weighted by Gasteiger charge is 2.28. The number of hydrogen-bond acceptors (Lipinski definition) is 3. The molecule has 0 radical (unpaired) electrons. The first-order valence-electron chi connectivity index (χ1n) is 9.32. The van der Waals surface area contributed by atoms with Crippen LogP contribution in [0, 0.1) is 5.41 Å². The molecule has 1 saturated heterocycles. The molecule has 0 spiro atoms. The minimum Gasteiger partial charge on any atom is -0.393 e. The molecular weight excluding hydrogens is 290 g/mol. The van der Waals surface area contributed by atoms with Gasteiger partial charge >= 0.3 is 6.03 Å². The quantitative estimate of drug-likeness (QED) is 0.703. The Bertz CT molecular complexity index is 370. The number of hydrogen-bond donors (Lipinski definition) is 3. The zero-order valence-corrected chi connectivity index (χ0v) is 15.1. The van der Waals surface area contributed by atoms with E-state index in [0.717, 1.165) is 32.0 Å². The number of amides is 2. The van der Waals surface area contributed by atoms with Gasteiger partial charge in [0.25, 0.3) is 0 Å². The van der Waals surface area contributed by atoms with E-state index in [0.29, 0.717) is 19.0 Å². The summed E-state index contributed by atoms with van der Waals surface area (Å²) >= 11 is 0. The van der Waals surface area contributed by atoms with Gasteiger partial charge in [-0.2, -0.15) is 0 Å². The number of urea groups is 1. The van der Waals surface area contributed by atoms with Gasteiger partial charge in [-0.15, -0.1) is 0 Å². The molecule has 1 atom stereocenters. The topological polar surface area (TPSA) is 64.6 Å². The number of rotatable bonds is 6. The molecule has 3 N–H and O–H groups in total. The summed E-state index contributed by atoms with van der Waals surface area (Å²) in [6, 6.07) is 1.03. The van der Waals surface area contributed by atoms with Crippen molar-refractivity contribution in [3.8, 4) is 0 Å². The molecule has 1 saturated carbocycles. The molecule has 0 aromatic carbocycles. The Labute approximate surface area is 141 Å². The van der Waals surface area contributed by atoms with E-state index >= 15 is 0 Å². The Morgan fingerprint density at radius 2 is 1.83 bits per heavy atom. The Morgan fingerprint density at radius 1 is 1.22 bits per heavy atom. The summed E-state index contributed by atoms with van der Waals surface area (Å²) in [5, 5.41) is 15.6. The van der Waals surface area contributed by atoms with Crippen LogP contribution in [0.5, 0.6) is 0 Å². The van der Waals surface area contributed by atoms with Crippen LogP contribution in [0.25, 0.3) is 0 Å². The van der Waals surface area contributed by atoms with Gasteiger partial charge in [-0.1, -0.05) is 26.7 Å². The number of aliphatic hydroxyl groups is 1. The summed E-state index contributed by atoms with van der Waals surface area (Å²) in [5.74, 6) is 0. The summed E-state index contributed by atoms with van der Waals surface area (Å²) in [4.78, 5) is 14.7. The maximum atomic E-state index is 12.1. The minimum atomic E-state index is -0.338. The monoisotopic (exact) mass is 325 g/mol. The van der Waals surface area contributed by atoms with Crippen molar-refractivity contribution in [2.45, 2.75) is 83.9 Å². The molecular formula is C18H35N3O2. The average molecular weight is 325 g/mol.